The highest BCUT2D eigenvalue weighted by Gasteiger charge is 2.46. The molecule has 0 saturated carbocycles. The Labute approximate surface area is 166 Å². The zero-order valence-corrected chi connectivity index (χ0v) is 16.9. The lowest BCUT2D eigenvalue weighted by Gasteiger charge is -2.33. The number of hydrogen-bond acceptors (Lipinski definition) is 6. The smallest absolute Gasteiger partial charge is 0.246 e. The molecule has 0 radical (unpaired) electrons. The van der Waals surface area contributed by atoms with E-state index in [9.17, 15) is 4.79 Å². The predicted molar refractivity (Wildman–Crippen MR) is 107 cm³/mol. The van der Waals surface area contributed by atoms with Crippen LogP contribution in [0.15, 0.2) is 28.8 Å². The highest BCUT2D eigenvalue weighted by Crippen LogP contribution is 2.41. The lowest BCUT2D eigenvalue weighted by Crippen LogP contribution is -2.42. The van der Waals surface area contributed by atoms with Crippen LogP contribution in [-0.2, 0) is 11.3 Å². The number of aryl methyl sites for hydroxylation is 1. The molecule has 1 atom stereocenters. The first-order chi connectivity index (χ1) is 13.5. The van der Waals surface area contributed by atoms with Crippen LogP contribution in [0.25, 0.3) is 11.4 Å². The second kappa shape index (κ2) is 7.64. The van der Waals surface area contributed by atoms with E-state index in [-0.39, 0.29) is 17.4 Å². The molecule has 0 aliphatic carbocycles. The maximum absolute atomic E-state index is 13.1. The molecule has 1 aromatic carbocycles. The van der Waals surface area contributed by atoms with E-state index in [4.69, 9.17) is 4.52 Å². The molecule has 2 saturated heterocycles. The monoisotopic (exact) mass is 383 g/mol. The minimum Gasteiger partial charge on any atom is -0.337 e. The molecular formula is C21H29N5O2. The van der Waals surface area contributed by atoms with Gasteiger partial charge in [0.15, 0.2) is 0 Å². The number of carbonyl (C=O) groups is 1. The fraction of sp³-hybridized carbons (Fsp3) is 0.571. The maximum Gasteiger partial charge on any atom is 0.246 e. The van der Waals surface area contributed by atoms with Crippen molar-refractivity contribution in [3.8, 4) is 11.4 Å². The molecule has 1 spiro atoms. The summed E-state index contributed by atoms with van der Waals surface area (Å²) in [5.74, 6) is 1.16. The molecule has 2 aliphatic heterocycles. The molecule has 7 heteroatoms. The van der Waals surface area contributed by atoms with E-state index in [0.29, 0.717) is 18.3 Å². The zero-order valence-electron chi connectivity index (χ0n) is 16.9. The second-order valence-electron chi connectivity index (χ2n) is 8.46. The van der Waals surface area contributed by atoms with Crippen LogP contribution in [-0.4, -0.2) is 65.6 Å². The average molecular weight is 383 g/mol. The van der Waals surface area contributed by atoms with Crippen molar-refractivity contribution in [3.05, 3.63) is 35.7 Å². The number of benzene rings is 1. The summed E-state index contributed by atoms with van der Waals surface area (Å²) in [4.78, 5) is 21.5. The number of aromatic nitrogens is 2. The van der Waals surface area contributed by atoms with Crippen molar-refractivity contribution in [1.82, 2.24) is 25.3 Å². The third-order valence-electron chi connectivity index (χ3n) is 6.19. The Kier molecular flexibility index (Phi) is 5.21. The summed E-state index contributed by atoms with van der Waals surface area (Å²) in [7, 11) is 3.88. The van der Waals surface area contributed by atoms with Crippen LogP contribution in [0.1, 0.15) is 30.7 Å². The second-order valence-corrected chi connectivity index (χ2v) is 8.46. The molecule has 28 heavy (non-hydrogen) atoms. The Balaban J connectivity index is 1.41. The van der Waals surface area contributed by atoms with Crippen LogP contribution in [0.3, 0.4) is 0 Å². The van der Waals surface area contributed by atoms with Gasteiger partial charge in [-0.2, -0.15) is 4.98 Å². The van der Waals surface area contributed by atoms with Crippen molar-refractivity contribution in [2.75, 3.05) is 33.7 Å². The van der Waals surface area contributed by atoms with Crippen molar-refractivity contribution in [2.45, 2.75) is 38.8 Å². The highest BCUT2D eigenvalue weighted by atomic mass is 16.5. The Morgan fingerprint density at radius 1 is 1.39 bits per heavy atom. The molecule has 3 heterocycles. The molecule has 0 unspecified atom stereocenters. The molecular weight excluding hydrogens is 354 g/mol. The fourth-order valence-corrected chi connectivity index (χ4v) is 4.62. The normalized spacial score (nSPS) is 21.9. The Morgan fingerprint density at radius 2 is 2.18 bits per heavy atom. The van der Waals surface area contributed by atoms with Crippen molar-refractivity contribution in [2.24, 2.45) is 5.41 Å². The molecule has 0 bridgehead atoms. The molecule has 2 fully saturated rings. The van der Waals surface area contributed by atoms with E-state index in [1.165, 1.54) is 0 Å². The molecule has 7 nitrogen and oxygen atoms in total. The number of nitrogens with zero attached hydrogens (tertiary/aromatic N) is 4. The predicted octanol–water partition coefficient (Wildman–Crippen LogP) is 2.08. The average Bonchev–Trinajstić information content (AvgIpc) is 3.26. The minimum atomic E-state index is -0.0673. The number of likely N-dealkylation sites (N-methyl/N-ethyl adjacent to an activating group) is 2. The summed E-state index contributed by atoms with van der Waals surface area (Å²) >= 11 is 0. The molecule has 4 rings (SSSR count). The van der Waals surface area contributed by atoms with Gasteiger partial charge >= 0.3 is 0 Å². The van der Waals surface area contributed by atoms with E-state index in [1.54, 1.807) is 4.90 Å². The van der Waals surface area contributed by atoms with Gasteiger partial charge in [0.25, 0.3) is 0 Å². The largest absolute Gasteiger partial charge is 0.337 e. The van der Waals surface area contributed by atoms with E-state index in [2.05, 4.69) is 27.4 Å². The van der Waals surface area contributed by atoms with Crippen LogP contribution in [0.5, 0.6) is 0 Å². The Hall–Kier alpha value is -2.25. The zero-order chi connectivity index (χ0) is 19.7. The summed E-state index contributed by atoms with van der Waals surface area (Å²) in [6, 6.07) is 7.92. The third-order valence-corrected chi connectivity index (χ3v) is 6.19. The Bertz CT molecular complexity index is 843. The van der Waals surface area contributed by atoms with Gasteiger partial charge in [-0.15, -0.1) is 0 Å². The maximum atomic E-state index is 13.1. The number of piperidine rings is 1. The lowest BCUT2D eigenvalue weighted by atomic mass is 9.77. The number of rotatable bonds is 4. The van der Waals surface area contributed by atoms with Crippen LogP contribution in [0.4, 0.5) is 0 Å². The summed E-state index contributed by atoms with van der Waals surface area (Å²) in [6.45, 7) is 5.46. The summed E-state index contributed by atoms with van der Waals surface area (Å²) in [5, 5.41) is 7.51. The molecule has 1 N–H and O–H groups in total. The molecule has 2 aliphatic rings. The number of amides is 1. The van der Waals surface area contributed by atoms with Gasteiger partial charge in [-0.3, -0.25) is 9.69 Å². The van der Waals surface area contributed by atoms with Gasteiger partial charge in [0.2, 0.25) is 17.6 Å². The molecule has 1 aromatic heterocycles. The third kappa shape index (κ3) is 3.82. The van der Waals surface area contributed by atoms with Gasteiger partial charge < -0.3 is 14.7 Å². The minimum absolute atomic E-state index is 0.0673. The van der Waals surface area contributed by atoms with E-state index < -0.39 is 0 Å². The fourth-order valence-electron chi connectivity index (χ4n) is 4.62. The summed E-state index contributed by atoms with van der Waals surface area (Å²) < 4.78 is 5.40. The van der Waals surface area contributed by atoms with Gasteiger partial charge in [0.1, 0.15) is 0 Å². The Morgan fingerprint density at radius 3 is 2.93 bits per heavy atom. The first-order valence-corrected chi connectivity index (χ1v) is 10.0. The summed E-state index contributed by atoms with van der Waals surface area (Å²) in [5.41, 5.74) is 2.35. The highest BCUT2D eigenvalue weighted by molar-refractivity contribution is 5.82. The van der Waals surface area contributed by atoms with Crippen LogP contribution in [0, 0.1) is 12.3 Å². The molecule has 1 amide bonds. The van der Waals surface area contributed by atoms with Gasteiger partial charge in [-0.25, -0.2) is 0 Å². The number of nitrogens with one attached hydrogen (secondary N) is 1. The molecule has 2 aromatic rings. The standard InChI is InChI=1S/C21H29N5O2/c1-15-5-4-6-16(11-15)19-23-18(28-24-19)13-25(2)20(27)17-12-21(14-26(17)3)7-9-22-10-8-21/h4-6,11,17,22H,7-10,12-14H2,1-3H3/t17-/m1/s1. The number of likely N-dealkylation sites (tertiary alicyclic amines) is 1. The van der Waals surface area contributed by atoms with E-state index >= 15 is 0 Å². The van der Waals surface area contributed by atoms with Crippen molar-refractivity contribution in [1.29, 1.82) is 0 Å². The topological polar surface area (TPSA) is 74.5 Å². The van der Waals surface area contributed by atoms with Gasteiger partial charge in [0, 0.05) is 19.2 Å². The van der Waals surface area contributed by atoms with E-state index in [1.807, 2.05) is 38.2 Å². The van der Waals surface area contributed by atoms with E-state index in [0.717, 1.165) is 50.0 Å². The lowest BCUT2D eigenvalue weighted by molar-refractivity contribution is -0.135. The van der Waals surface area contributed by atoms with Gasteiger partial charge in [-0.1, -0.05) is 28.9 Å². The van der Waals surface area contributed by atoms with Gasteiger partial charge in [0.05, 0.1) is 12.6 Å². The van der Waals surface area contributed by atoms with Crippen molar-refractivity contribution >= 4 is 5.91 Å². The van der Waals surface area contributed by atoms with Gasteiger partial charge in [-0.05, 0) is 57.8 Å². The molecule has 150 valence electrons. The van der Waals surface area contributed by atoms with Crippen LogP contribution in [0.2, 0.25) is 0 Å². The number of hydrogen-bond donors (Lipinski definition) is 1. The summed E-state index contributed by atoms with van der Waals surface area (Å²) in [6.07, 6.45) is 3.23. The van der Waals surface area contributed by atoms with Crippen molar-refractivity contribution < 1.29 is 9.32 Å². The first kappa shape index (κ1) is 19.1. The number of carbonyl (C=O) groups excluding carboxylic acids is 1. The van der Waals surface area contributed by atoms with Crippen LogP contribution >= 0.6 is 0 Å². The van der Waals surface area contributed by atoms with Crippen molar-refractivity contribution in [3.63, 3.8) is 0 Å². The SMILES string of the molecule is Cc1cccc(-c2noc(CN(C)C(=O)[C@H]3CC4(CCNCC4)CN3C)n2)c1. The quantitative estimate of drug-likeness (QED) is 0.871. The first-order valence-electron chi connectivity index (χ1n) is 10.0. The van der Waals surface area contributed by atoms with Crippen LogP contribution < -0.4 is 5.32 Å².